The second kappa shape index (κ2) is 7.95. The van der Waals surface area contributed by atoms with Gasteiger partial charge in [0.2, 0.25) is 5.91 Å². The minimum absolute atomic E-state index is 0. The van der Waals surface area contributed by atoms with E-state index in [2.05, 4.69) is 15.6 Å². The minimum Gasteiger partial charge on any atom is -0.345 e. The number of rotatable bonds is 4. The summed E-state index contributed by atoms with van der Waals surface area (Å²) in [5.74, 6) is 0.706. The molecule has 3 heterocycles. The van der Waals surface area contributed by atoms with Crippen molar-refractivity contribution in [2.75, 3.05) is 0 Å². The summed E-state index contributed by atoms with van der Waals surface area (Å²) in [4.78, 5) is 16.6. The highest BCUT2D eigenvalue weighted by Gasteiger charge is 2.35. The van der Waals surface area contributed by atoms with Crippen molar-refractivity contribution in [1.82, 2.24) is 15.6 Å². The van der Waals surface area contributed by atoms with Gasteiger partial charge in [-0.05, 0) is 45.4 Å². The summed E-state index contributed by atoms with van der Waals surface area (Å²) in [5.41, 5.74) is -0.364. The van der Waals surface area contributed by atoms with Gasteiger partial charge in [0, 0.05) is 30.1 Å². The van der Waals surface area contributed by atoms with Crippen LogP contribution in [0.4, 0.5) is 0 Å². The zero-order valence-corrected chi connectivity index (χ0v) is 15.5. The number of carbonyl (C=O) groups excluding carboxylic acids is 1. The first-order valence-corrected chi connectivity index (χ1v) is 8.38. The number of piperidine rings is 1. The molecule has 2 atom stereocenters. The van der Waals surface area contributed by atoms with E-state index in [1.807, 2.05) is 19.2 Å². The molecule has 7 heteroatoms. The fourth-order valence-electron chi connectivity index (χ4n) is 3.59. The van der Waals surface area contributed by atoms with Crippen molar-refractivity contribution in [2.24, 2.45) is 5.92 Å². The van der Waals surface area contributed by atoms with Crippen LogP contribution in [-0.2, 0) is 10.3 Å². The lowest BCUT2D eigenvalue weighted by Gasteiger charge is -2.30. The molecule has 2 saturated heterocycles. The largest absolute Gasteiger partial charge is 0.345 e. The maximum absolute atomic E-state index is 12.3. The van der Waals surface area contributed by atoms with Gasteiger partial charge in [-0.15, -0.1) is 36.2 Å². The molecule has 0 spiro atoms. The van der Waals surface area contributed by atoms with E-state index in [1.165, 1.54) is 12.8 Å². The summed E-state index contributed by atoms with van der Waals surface area (Å²) < 4.78 is 0. The topological polar surface area (TPSA) is 54.0 Å². The van der Waals surface area contributed by atoms with Crippen molar-refractivity contribution in [1.29, 1.82) is 0 Å². The summed E-state index contributed by atoms with van der Waals surface area (Å²) >= 11 is 1.59. The number of nitrogens with one attached hydrogen (secondary N) is 2. The second-order valence-electron chi connectivity index (χ2n) is 6.69. The highest BCUT2D eigenvalue weighted by molar-refractivity contribution is 7.09. The molecule has 1 aromatic heterocycles. The third-order valence-electron chi connectivity index (χ3n) is 4.46. The summed E-state index contributed by atoms with van der Waals surface area (Å²) in [6.07, 6.45) is 7.33. The van der Waals surface area contributed by atoms with Crippen molar-refractivity contribution in [3.8, 4) is 0 Å². The van der Waals surface area contributed by atoms with E-state index >= 15 is 0 Å². The molecule has 0 aromatic carbocycles. The molecule has 0 saturated carbocycles. The average Bonchev–Trinajstić information content (AvgIpc) is 2.98. The summed E-state index contributed by atoms with van der Waals surface area (Å²) in [6, 6.07) is 1.30. The highest BCUT2D eigenvalue weighted by atomic mass is 35.5. The van der Waals surface area contributed by atoms with Crippen molar-refractivity contribution in [3.63, 3.8) is 0 Å². The zero-order chi connectivity index (χ0) is 14.2. The number of thiazole rings is 1. The molecular weight excluding hydrogens is 341 g/mol. The molecule has 2 fully saturated rings. The lowest BCUT2D eigenvalue weighted by atomic mass is 9.89. The minimum atomic E-state index is -0.364. The Morgan fingerprint density at radius 1 is 1.36 bits per heavy atom. The van der Waals surface area contributed by atoms with Gasteiger partial charge in [-0.25, -0.2) is 4.98 Å². The van der Waals surface area contributed by atoms with Gasteiger partial charge in [0.1, 0.15) is 5.01 Å². The third kappa shape index (κ3) is 4.57. The average molecular weight is 366 g/mol. The predicted octanol–water partition coefficient (Wildman–Crippen LogP) is 3.26. The Kier molecular flexibility index (Phi) is 7.12. The van der Waals surface area contributed by atoms with Gasteiger partial charge < -0.3 is 10.6 Å². The molecule has 2 unspecified atom stereocenters. The molecule has 2 aliphatic heterocycles. The normalized spacial score (nSPS) is 26.7. The molecule has 0 aliphatic carbocycles. The van der Waals surface area contributed by atoms with Gasteiger partial charge in [-0.3, -0.25) is 4.79 Å². The fraction of sp³-hybridized carbons (Fsp3) is 0.733. The molecule has 0 radical (unpaired) electrons. The number of halogens is 2. The van der Waals surface area contributed by atoms with E-state index in [0.29, 0.717) is 24.4 Å². The summed E-state index contributed by atoms with van der Waals surface area (Å²) in [6.45, 7) is 4.05. The molecule has 2 aliphatic rings. The van der Waals surface area contributed by atoms with Gasteiger partial charge in [0.05, 0.1) is 5.54 Å². The van der Waals surface area contributed by atoms with E-state index in [0.717, 1.165) is 17.8 Å². The lowest BCUT2D eigenvalue weighted by Crippen LogP contribution is -2.44. The Morgan fingerprint density at radius 3 is 2.55 bits per heavy atom. The Labute approximate surface area is 148 Å². The van der Waals surface area contributed by atoms with Crippen LogP contribution in [0.15, 0.2) is 11.6 Å². The Hall–Kier alpha value is -0.360. The van der Waals surface area contributed by atoms with Crippen LogP contribution < -0.4 is 10.6 Å². The van der Waals surface area contributed by atoms with Crippen LogP contribution >= 0.6 is 36.2 Å². The number of hydrogen-bond donors (Lipinski definition) is 2. The van der Waals surface area contributed by atoms with Gasteiger partial charge >= 0.3 is 0 Å². The highest BCUT2D eigenvalue weighted by Crippen LogP contribution is 2.33. The maximum Gasteiger partial charge on any atom is 0.221 e. The van der Waals surface area contributed by atoms with E-state index in [4.69, 9.17) is 0 Å². The lowest BCUT2D eigenvalue weighted by molar-refractivity contribution is -0.124. The van der Waals surface area contributed by atoms with Crippen LogP contribution in [0.2, 0.25) is 0 Å². The SMILES string of the molecule is CC(C)(NC(=O)CC1CC2CCC(C1)N2)c1nccs1.Cl.Cl. The Balaban J connectivity index is 0.00000121. The number of hydrogen-bond acceptors (Lipinski definition) is 4. The van der Waals surface area contributed by atoms with Crippen molar-refractivity contribution in [3.05, 3.63) is 16.6 Å². The Morgan fingerprint density at radius 2 is 2.00 bits per heavy atom. The van der Waals surface area contributed by atoms with Crippen LogP contribution in [0.3, 0.4) is 0 Å². The molecule has 1 amide bonds. The third-order valence-corrected chi connectivity index (χ3v) is 5.56. The molecule has 2 N–H and O–H groups in total. The van der Waals surface area contributed by atoms with Crippen LogP contribution in [0.1, 0.15) is 51.0 Å². The van der Waals surface area contributed by atoms with Gasteiger partial charge in [0.25, 0.3) is 0 Å². The first kappa shape index (κ1) is 19.7. The summed E-state index contributed by atoms with van der Waals surface area (Å²) in [5, 5.41) is 9.69. The molecule has 3 rings (SSSR count). The van der Waals surface area contributed by atoms with Crippen LogP contribution in [0.5, 0.6) is 0 Å². The van der Waals surface area contributed by atoms with Gasteiger partial charge in [-0.1, -0.05) is 0 Å². The number of aromatic nitrogens is 1. The fourth-order valence-corrected chi connectivity index (χ4v) is 4.31. The maximum atomic E-state index is 12.3. The molecule has 126 valence electrons. The second-order valence-corrected chi connectivity index (χ2v) is 7.58. The smallest absolute Gasteiger partial charge is 0.221 e. The van der Waals surface area contributed by atoms with Crippen molar-refractivity contribution in [2.45, 2.75) is 63.6 Å². The van der Waals surface area contributed by atoms with Crippen molar-refractivity contribution >= 4 is 42.1 Å². The van der Waals surface area contributed by atoms with E-state index < -0.39 is 0 Å². The Bertz CT molecular complexity index is 469. The van der Waals surface area contributed by atoms with Crippen LogP contribution in [0, 0.1) is 5.92 Å². The first-order chi connectivity index (χ1) is 9.53. The van der Waals surface area contributed by atoms with Gasteiger partial charge in [0.15, 0.2) is 0 Å². The molecule has 2 bridgehead atoms. The molecule has 1 aromatic rings. The van der Waals surface area contributed by atoms with Gasteiger partial charge in [-0.2, -0.15) is 0 Å². The van der Waals surface area contributed by atoms with Crippen LogP contribution in [-0.4, -0.2) is 23.0 Å². The van der Waals surface area contributed by atoms with E-state index in [-0.39, 0.29) is 36.3 Å². The predicted molar refractivity (Wildman–Crippen MR) is 95.1 cm³/mol. The molecule has 4 nitrogen and oxygen atoms in total. The quantitative estimate of drug-likeness (QED) is 0.860. The number of nitrogens with zero attached hydrogens (tertiary/aromatic N) is 1. The van der Waals surface area contributed by atoms with E-state index in [9.17, 15) is 4.79 Å². The number of fused-ring (bicyclic) bond motifs is 2. The number of carbonyl (C=O) groups is 1. The summed E-state index contributed by atoms with van der Waals surface area (Å²) in [7, 11) is 0. The monoisotopic (exact) mass is 365 g/mol. The van der Waals surface area contributed by atoms with Crippen molar-refractivity contribution < 1.29 is 4.79 Å². The zero-order valence-electron chi connectivity index (χ0n) is 13.0. The standard InChI is InChI=1S/C15H23N3OS.2ClH/c1-15(2,14-16-5-6-20-14)18-13(19)9-10-7-11-3-4-12(8-10)17-11;;/h5-6,10-12,17H,3-4,7-9H2,1-2H3,(H,18,19);2*1H. The van der Waals surface area contributed by atoms with Crippen LogP contribution in [0.25, 0.3) is 0 Å². The molecule has 22 heavy (non-hydrogen) atoms. The first-order valence-electron chi connectivity index (χ1n) is 7.50. The molecular formula is C15H25Cl2N3OS. The number of amides is 1. The van der Waals surface area contributed by atoms with E-state index in [1.54, 1.807) is 17.5 Å².